The zero-order valence-electron chi connectivity index (χ0n) is 9.77. The molecule has 0 aliphatic rings. The van der Waals surface area contributed by atoms with Gasteiger partial charge >= 0.3 is 5.97 Å². The fraction of sp³-hybridized carbons (Fsp3) is 0.231. The second kappa shape index (κ2) is 6.48. The lowest BCUT2D eigenvalue weighted by Crippen LogP contribution is -2.10. The molecule has 0 heterocycles. The molecule has 4 heteroatoms. The highest BCUT2D eigenvalue weighted by Gasteiger charge is 1.98. The van der Waals surface area contributed by atoms with Crippen LogP contribution in [0.25, 0.3) is 6.08 Å². The summed E-state index contributed by atoms with van der Waals surface area (Å²) in [6.07, 6.45) is 3.79. The van der Waals surface area contributed by atoms with Crippen molar-refractivity contribution in [3.05, 3.63) is 41.5 Å². The van der Waals surface area contributed by atoms with Crippen molar-refractivity contribution in [2.75, 3.05) is 6.61 Å². The highest BCUT2D eigenvalue weighted by Crippen LogP contribution is 2.07. The molecule has 0 fully saturated rings. The first-order valence-electron chi connectivity index (χ1n) is 5.40. The van der Waals surface area contributed by atoms with Crippen LogP contribution in [0.5, 0.6) is 0 Å². The molecule has 90 valence electrons. The van der Waals surface area contributed by atoms with Crippen LogP contribution in [0.2, 0.25) is 0 Å². The average Bonchev–Trinajstić information content (AvgIpc) is 2.30. The lowest BCUT2D eigenvalue weighted by atomic mass is 10.1. The minimum Gasteiger partial charge on any atom is -0.466 e. The summed E-state index contributed by atoms with van der Waals surface area (Å²) in [4.78, 5) is 11.1. The van der Waals surface area contributed by atoms with Gasteiger partial charge < -0.3 is 10.5 Å². The molecule has 0 radical (unpaired) electrons. The van der Waals surface area contributed by atoms with Crippen molar-refractivity contribution in [1.82, 2.24) is 0 Å². The van der Waals surface area contributed by atoms with Gasteiger partial charge in [0.2, 0.25) is 0 Å². The van der Waals surface area contributed by atoms with Crippen LogP contribution in [0.15, 0.2) is 30.3 Å². The predicted molar refractivity (Wildman–Crippen MR) is 67.7 cm³/mol. The number of carbonyl (C=O) groups is 1. The van der Waals surface area contributed by atoms with Crippen LogP contribution in [-0.4, -0.2) is 18.4 Å². The summed E-state index contributed by atoms with van der Waals surface area (Å²) in [6, 6.07) is 7.27. The molecular weight excluding hydrogens is 216 g/mol. The Bertz CT molecular complexity index is 439. The normalized spacial score (nSPS) is 10.4. The molecule has 0 spiro atoms. The van der Waals surface area contributed by atoms with E-state index in [1.54, 1.807) is 25.1 Å². The molecule has 17 heavy (non-hydrogen) atoms. The van der Waals surface area contributed by atoms with Crippen molar-refractivity contribution in [2.45, 2.75) is 13.3 Å². The molecule has 3 N–H and O–H groups in total. The molecule has 0 saturated heterocycles. The topological polar surface area (TPSA) is 76.2 Å². The molecule has 0 aromatic heterocycles. The molecular formula is C13H16N2O2. The molecule has 1 aromatic rings. The number of hydrogen-bond acceptors (Lipinski definition) is 3. The number of amidine groups is 1. The molecule has 0 unspecified atom stereocenters. The Morgan fingerprint density at radius 1 is 1.53 bits per heavy atom. The van der Waals surface area contributed by atoms with Gasteiger partial charge in [0, 0.05) is 5.56 Å². The Balaban J connectivity index is 2.62. The van der Waals surface area contributed by atoms with E-state index in [0.29, 0.717) is 12.2 Å². The van der Waals surface area contributed by atoms with E-state index in [2.05, 4.69) is 0 Å². The summed E-state index contributed by atoms with van der Waals surface area (Å²) < 4.78 is 4.80. The number of esters is 1. The Morgan fingerprint density at radius 3 is 2.94 bits per heavy atom. The third-order valence-electron chi connectivity index (χ3n) is 2.10. The number of nitrogens with one attached hydrogen (secondary N) is 1. The van der Waals surface area contributed by atoms with E-state index < -0.39 is 0 Å². The van der Waals surface area contributed by atoms with Crippen LogP contribution in [0, 0.1) is 5.41 Å². The molecule has 0 aliphatic carbocycles. The highest BCUT2D eigenvalue weighted by molar-refractivity contribution is 5.95. The first kappa shape index (κ1) is 13.0. The Hall–Kier alpha value is -2.10. The van der Waals surface area contributed by atoms with Gasteiger partial charge in [-0.3, -0.25) is 10.2 Å². The van der Waals surface area contributed by atoms with Crippen molar-refractivity contribution in [3.63, 3.8) is 0 Å². The third kappa shape index (κ3) is 4.51. The number of nitrogens with two attached hydrogens (primary N) is 1. The summed E-state index contributed by atoms with van der Waals surface area (Å²) in [5.41, 5.74) is 6.96. The zero-order valence-corrected chi connectivity index (χ0v) is 9.77. The molecule has 4 nitrogen and oxygen atoms in total. The second-order valence-electron chi connectivity index (χ2n) is 3.45. The van der Waals surface area contributed by atoms with Crippen LogP contribution < -0.4 is 5.73 Å². The Morgan fingerprint density at radius 2 is 2.29 bits per heavy atom. The van der Waals surface area contributed by atoms with Gasteiger partial charge in [-0.05, 0) is 18.6 Å². The van der Waals surface area contributed by atoms with Crippen LogP contribution in [-0.2, 0) is 9.53 Å². The monoisotopic (exact) mass is 232 g/mol. The largest absolute Gasteiger partial charge is 0.466 e. The van der Waals surface area contributed by atoms with Gasteiger partial charge in [0.1, 0.15) is 5.84 Å². The van der Waals surface area contributed by atoms with E-state index in [0.717, 1.165) is 5.56 Å². The van der Waals surface area contributed by atoms with Crippen LogP contribution in [0.4, 0.5) is 0 Å². The fourth-order valence-corrected chi connectivity index (χ4v) is 1.32. The molecule has 0 saturated carbocycles. The molecule has 0 bridgehead atoms. The maximum absolute atomic E-state index is 11.1. The summed E-state index contributed by atoms with van der Waals surface area (Å²) in [7, 11) is 0. The number of ether oxygens (including phenoxy) is 1. The van der Waals surface area contributed by atoms with Crippen molar-refractivity contribution in [1.29, 1.82) is 5.41 Å². The Labute approximate surface area is 101 Å². The average molecular weight is 232 g/mol. The molecule has 1 aromatic carbocycles. The van der Waals surface area contributed by atoms with Gasteiger partial charge in [-0.15, -0.1) is 0 Å². The van der Waals surface area contributed by atoms with E-state index in [4.69, 9.17) is 15.9 Å². The van der Waals surface area contributed by atoms with Crippen LogP contribution in [0.3, 0.4) is 0 Å². The number of rotatable bonds is 5. The second-order valence-corrected chi connectivity index (χ2v) is 3.45. The lowest BCUT2D eigenvalue weighted by molar-refractivity contribution is -0.142. The van der Waals surface area contributed by atoms with Crippen molar-refractivity contribution < 1.29 is 9.53 Å². The quantitative estimate of drug-likeness (QED) is 0.462. The smallest absolute Gasteiger partial charge is 0.309 e. The highest BCUT2D eigenvalue weighted by atomic mass is 16.5. The van der Waals surface area contributed by atoms with Crippen LogP contribution >= 0.6 is 0 Å². The third-order valence-corrected chi connectivity index (χ3v) is 2.10. The van der Waals surface area contributed by atoms with Gasteiger partial charge in [0.25, 0.3) is 0 Å². The van der Waals surface area contributed by atoms with Gasteiger partial charge in [0.05, 0.1) is 13.0 Å². The number of nitrogen functional groups attached to an aromatic ring is 1. The van der Waals surface area contributed by atoms with Crippen molar-refractivity contribution in [3.8, 4) is 0 Å². The van der Waals surface area contributed by atoms with Gasteiger partial charge in [-0.2, -0.15) is 0 Å². The first-order chi connectivity index (χ1) is 8.13. The van der Waals surface area contributed by atoms with Gasteiger partial charge in [-0.1, -0.05) is 30.4 Å². The maximum Gasteiger partial charge on any atom is 0.309 e. The first-order valence-corrected chi connectivity index (χ1v) is 5.40. The number of benzene rings is 1. The fourth-order valence-electron chi connectivity index (χ4n) is 1.32. The number of hydrogen-bond donors (Lipinski definition) is 2. The summed E-state index contributed by atoms with van der Waals surface area (Å²) in [5, 5.41) is 7.31. The molecule has 0 aliphatic heterocycles. The van der Waals surface area contributed by atoms with E-state index >= 15 is 0 Å². The molecule has 0 atom stereocenters. The minimum atomic E-state index is -0.244. The lowest BCUT2D eigenvalue weighted by Gasteiger charge is -2.00. The van der Waals surface area contributed by atoms with E-state index in [9.17, 15) is 4.79 Å². The van der Waals surface area contributed by atoms with Gasteiger partial charge in [0.15, 0.2) is 0 Å². The van der Waals surface area contributed by atoms with E-state index in [1.165, 1.54) is 0 Å². The van der Waals surface area contributed by atoms with E-state index in [-0.39, 0.29) is 18.2 Å². The Kier molecular flexibility index (Phi) is 4.94. The summed E-state index contributed by atoms with van der Waals surface area (Å²) >= 11 is 0. The van der Waals surface area contributed by atoms with E-state index in [1.807, 2.05) is 18.2 Å². The zero-order chi connectivity index (χ0) is 12.7. The SMILES string of the molecule is CCOC(=O)CC=Cc1cccc(C(=N)N)c1. The maximum atomic E-state index is 11.1. The molecule has 0 amide bonds. The van der Waals surface area contributed by atoms with Crippen molar-refractivity contribution in [2.24, 2.45) is 5.73 Å². The summed E-state index contributed by atoms with van der Waals surface area (Å²) in [5.74, 6) is -0.211. The predicted octanol–water partition coefficient (Wildman–Crippen LogP) is 1.94. The molecule has 1 rings (SSSR count). The minimum absolute atomic E-state index is 0.0330. The van der Waals surface area contributed by atoms with Crippen LogP contribution in [0.1, 0.15) is 24.5 Å². The summed E-state index contributed by atoms with van der Waals surface area (Å²) in [6.45, 7) is 2.17. The van der Waals surface area contributed by atoms with Crippen molar-refractivity contribution >= 4 is 17.9 Å². The van der Waals surface area contributed by atoms with Gasteiger partial charge in [-0.25, -0.2) is 0 Å². The standard InChI is InChI=1S/C13H16N2O2/c1-2-17-12(16)8-4-6-10-5-3-7-11(9-10)13(14)15/h3-7,9H,2,8H2,1H3,(H3,14,15). The number of carbonyl (C=O) groups excluding carboxylic acids is 1.